The van der Waals surface area contributed by atoms with E-state index in [0.717, 1.165) is 30.5 Å². The molecule has 2 atom stereocenters. The van der Waals surface area contributed by atoms with E-state index in [4.69, 9.17) is 4.74 Å². The number of hydrogen-bond acceptors (Lipinski definition) is 3. The molecular formula is C17H20N2O2. The van der Waals surface area contributed by atoms with Gasteiger partial charge in [-0.05, 0) is 18.6 Å². The van der Waals surface area contributed by atoms with E-state index in [1.165, 1.54) is 0 Å². The number of aliphatic imine (C=N–C) groups is 1. The first kappa shape index (κ1) is 14.0. The minimum atomic E-state index is -0.131. The molecule has 0 spiro atoms. The number of rotatable bonds is 4. The molecule has 1 aromatic rings. The maximum Gasteiger partial charge on any atom is 0.256 e. The number of allylic oxidation sites excluding steroid dienone is 1. The quantitative estimate of drug-likeness (QED) is 0.853. The second-order valence-electron chi connectivity index (χ2n) is 5.38. The Hall–Kier alpha value is -1.94. The fourth-order valence-corrected chi connectivity index (χ4v) is 2.90. The highest BCUT2D eigenvalue weighted by molar-refractivity contribution is 5.94. The molecule has 0 N–H and O–H groups in total. The van der Waals surface area contributed by atoms with Crippen LogP contribution in [-0.4, -0.2) is 35.9 Å². The molecule has 3 rings (SSSR count). The summed E-state index contributed by atoms with van der Waals surface area (Å²) in [6, 6.07) is 9.50. The van der Waals surface area contributed by atoms with Gasteiger partial charge >= 0.3 is 0 Å². The Balaban J connectivity index is 1.80. The highest BCUT2D eigenvalue weighted by Crippen LogP contribution is 2.27. The largest absolute Gasteiger partial charge is 0.356 e. The maximum atomic E-state index is 12.8. The van der Waals surface area contributed by atoms with Gasteiger partial charge in [0.2, 0.25) is 0 Å². The van der Waals surface area contributed by atoms with Crippen molar-refractivity contribution < 1.29 is 9.53 Å². The first-order valence-corrected chi connectivity index (χ1v) is 7.50. The zero-order valence-electron chi connectivity index (χ0n) is 12.2. The molecule has 1 amide bonds. The van der Waals surface area contributed by atoms with Gasteiger partial charge in [0.1, 0.15) is 6.23 Å². The molecule has 4 nitrogen and oxygen atoms in total. The van der Waals surface area contributed by atoms with E-state index in [1.807, 2.05) is 48.4 Å². The van der Waals surface area contributed by atoms with Crippen molar-refractivity contribution >= 4 is 12.1 Å². The Bertz CT molecular complexity index is 565. The molecule has 0 radical (unpaired) electrons. The maximum absolute atomic E-state index is 12.8. The van der Waals surface area contributed by atoms with Gasteiger partial charge < -0.3 is 9.64 Å². The van der Waals surface area contributed by atoms with Crippen LogP contribution >= 0.6 is 0 Å². The van der Waals surface area contributed by atoms with Crippen LogP contribution in [0.1, 0.15) is 36.5 Å². The van der Waals surface area contributed by atoms with E-state index in [-0.39, 0.29) is 18.2 Å². The van der Waals surface area contributed by atoms with Crippen molar-refractivity contribution in [2.24, 2.45) is 4.99 Å². The third-order valence-corrected chi connectivity index (χ3v) is 3.95. The molecule has 2 aliphatic heterocycles. The van der Waals surface area contributed by atoms with E-state index in [0.29, 0.717) is 6.61 Å². The lowest BCUT2D eigenvalue weighted by molar-refractivity contribution is 0.0238. The fraction of sp³-hybridized carbons (Fsp3) is 0.412. The van der Waals surface area contributed by atoms with Gasteiger partial charge in [0.25, 0.3) is 5.91 Å². The molecular weight excluding hydrogens is 264 g/mol. The number of ether oxygens (including phenoxy) is 1. The van der Waals surface area contributed by atoms with Crippen molar-refractivity contribution in [3.05, 3.63) is 47.7 Å². The second-order valence-corrected chi connectivity index (χ2v) is 5.38. The fourth-order valence-electron chi connectivity index (χ4n) is 2.90. The van der Waals surface area contributed by atoms with Crippen molar-refractivity contribution in [2.45, 2.75) is 38.5 Å². The highest BCUT2D eigenvalue weighted by Gasteiger charge is 2.37. The molecule has 2 heterocycles. The summed E-state index contributed by atoms with van der Waals surface area (Å²) in [5.74, 6) is 0.0486. The van der Waals surface area contributed by atoms with Crippen LogP contribution in [-0.2, 0) is 4.74 Å². The first-order valence-electron chi connectivity index (χ1n) is 7.50. The Morgan fingerprint density at radius 3 is 2.86 bits per heavy atom. The lowest BCUT2D eigenvalue weighted by Gasteiger charge is -2.27. The van der Waals surface area contributed by atoms with Crippen LogP contribution in [0.5, 0.6) is 0 Å². The molecule has 1 fully saturated rings. The van der Waals surface area contributed by atoms with Crippen LogP contribution in [0.15, 0.2) is 47.1 Å². The van der Waals surface area contributed by atoms with E-state index < -0.39 is 0 Å². The smallest absolute Gasteiger partial charge is 0.256 e. The monoisotopic (exact) mass is 284 g/mol. The molecule has 110 valence electrons. The molecule has 0 aromatic heterocycles. The van der Waals surface area contributed by atoms with Gasteiger partial charge in [-0.25, -0.2) is 0 Å². The van der Waals surface area contributed by atoms with E-state index in [9.17, 15) is 4.79 Å². The van der Waals surface area contributed by atoms with Crippen LogP contribution in [0.25, 0.3) is 0 Å². The zero-order chi connectivity index (χ0) is 14.7. The number of carbonyl (C=O) groups excluding carboxylic acids is 1. The molecule has 2 aliphatic rings. The lowest BCUT2D eigenvalue weighted by atomic mass is 10.1. The standard InChI is InChI=1S/C17H20N2O2/c1-2-16-19(17(20)13-7-4-3-5-8-13)15(12-21-16)11-14-9-6-10-18-14/h3-5,7-10,15-16H,2,6,11-12H2,1H3/t15-,16-/m0/s1. The first-order chi connectivity index (χ1) is 10.3. The molecule has 0 unspecified atom stereocenters. The minimum Gasteiger partial charge on any atom is -0.356 e. The number of nitrogens with zero attached hydrogens (tertiary/aromatic N) is 2. The average Bonchev–Trinajstić information content (AvgIpc) is 3.17. The highest BCUT2D eigenvalue weighted by atomic mass is 16.5. The number of hydrogen-bond donors (Lipinski definition) is 0. The Kier molecular flexibility index (Phi) is 4.15. The molecule has 0 bridgehead atoms. The van der Waals surface area contributed by atoms with Gasteiger partial charge in [0.05, 0.1) is 12.6 Å². The minimum absolute atomic E-state index is 0.0486. The molecule has 1 aromatic carbocycles. The van der Waals surface area contributed by atoms with Crippen LogP contribution in [0, 0.1) is 0 Å². The van der Waals surface area contributed by atoms with Crippen molar-refractivity contribution in [1.29, 1.82) is 0 Å². The number of benzene rings is 1. The van der Waals surface area contributed by atoms with Crippen LogP contribution in [0.4, 0.5) is 0 Å². The predicted molar refractivity (Wildman–Crippen MR) is 82.2 cm³/mol. The third-order valence-electron chi connectivity index (χ3n) is 3.95. The Morgan fingerprint density at radius 1 is 1.38 bits per heavy atom. The second kappa shape index (κ2) is 6.22. The van der Waals surface area contributed by atoms with Gasteiger partial charge in [-0.1, -0.05) is 31.2 Å². The molecule has 0 saturated carbocycles. The molecule has 0 aliphatic carbocycles. The van der Waals surface area contributed by atoms with Gasteiger partial charge in [-0.15, -0.1) is 0 Å². The Morgan fingerprint density at radius 2 is 2.19 bits per heavy atom. The number of carbonyl (C=O) groups is 1. The van der Waals surface area contributed by atoms with Crippen molar-refractivity contribution in [3.8, 4) is 0 Å². The third kappa shape index (κ3) is 2.90. The van der Waals surface area contributed by atoms with Crippen molar-refractivity contribution in [1.82, 2.24) is 4.90 Å². The molecule has 1 saturated heterocycles. The topological polar surface area (TPSA) is 41.9 Å². The zero-order valence-corrected chi connectivity index (χ0v) is 12.2. The van der Waals surface area contributed by atoms with E-state index in [1.54, 1.807) is 0 Å². The summed E-state index contributed by atoms with van der Waals surface area (Å²) < 4.78 is 5.81. The normalized spacial score (nSPS) is 24.4. The number of amides is 1. The Labute approximate surface area is 125 Å². The average molecular weight is 284 g/mol. The molecule has 4 heteroatoms. The van der Waals surface area contributed by atoms with E-state index in [2.05, 4.69) is 11.1 Å². The van der Waals surface area contributed by atoms with Gasteiger partial charge in [0.15, 0.2) is 0 Å². The summed E-state index contributed by atoms with van der Waals surface area (Å²) in [4.78, 5) is 19.0. The summed E-state index contributed by atoms with van der Waals surface area (Å²) in [5, 5.41) is 0. The van der Waals surface area contributed by atoms with Crippen LogP contribution in [0.2, 0.25) is 0 Å². The summed E-state index contributed by atoms with van der Waals surface area (Å²) in [6.07, 6.45) is 6.36. The summed E-state index contributed by atoms with van der Waals surface area (Å²) >= 11 is 0. The molecule has 21 heavy (non-hydrogen) atoms. The van der Waals surface area contributed by atoms with Crippen molar-refractivity contribution in [3.63, 3.8) is 0 Å². The summed E-state index contributed by atoms with van der Waals surface area (Å²) in [7, 11) is 0. The summed E-state index contributed by atoms with van der Waals surface area (Å²) in [6.45, 7) is 2.63. The SMILES string of the molecule is CC[C@@H]1OC[C@H](CC2=CCC=N2)N1C(=O)c1ccccc1. The van der Waals surface area contributed by atoms with Crippen LogP contribution in [0.3, 0.4) is 0 Å². The van der Waals surface area contributed by atoms with Crippen molar-refractivity contribution in [2.75, 3.05) is 6.61 Å². The van der Waals surface area contributed by atoms with Crippen LogP contribution < -0.4 is 0 Å². The van der Waals surface area contributed by atoms with E-state index >= 15 is 0 Å². The van der Waals surface area contributed by atoms with Gasteiger partial charge in [0, 0.05) is 30.3 Å². The van der Waals surface area contributed by atoms with Gasteiger partial charge in [-0.3, -0.25) is 9.79 Å². The van der Waals surface area contributed by atoms with Gasteiger partial charge in [-0.2, -0.15) is 0 Å². The lowest BCUT2D eigenvalue weighted by Crippen LogP contribution is -2.42. The summed E-state index contributed by atoms with van der Waals surface area (Å²) in [5.41, 5.74) is 1.78. The predicted octanol–water partition coefficient (Wildman–Crippen LogP) is 3.01.